The summed E-state index contributed by atoms with van der Waals surface area (Å²) in [7, 11) is 0. The van der Waals surface area contributed by atoms with Gasteiger partial charge in [0.25, 0.3) is 0 Å². The molecule has 1 aliphatic carbocycles. The summed E-state index contributed by atoms with van der Waals surface area (Å²) in [5, 5.41) is 5.45. The molecule has 20 heavy (non-hydrogen) atoms. The summed E-state index contributed by atoms with van der Waals surface area (Å²) >= 11 is 0. The Hall–Kier alpha value is -1.91. The Kier molecular flexibility index (Phi) is 5.09. The second-order valence-electron chi connectivity index (χ2n) is 5.39. The molecule has 0 aliphatic heterocycles. The van der Waals surface area contributed by atoms with E-state index in [0.717, 1.165) is 24.8 Å². The van der Waals surface area contributed by atoms with Gasteiger partial charge in [0, 0.05) is 25.0 Å². The second-order valence-corrected chi connectivity index (χ2v) is 5.39. The lowest BCUT2D eigenvalue weighted by atomic mass is 9.86. The molecule has 5 heteroatoms. The standard InChI is InChI=1S/C15H21N3O2/c1-11-5-2-3-7-13(11)18-15(20)14(19)17-10-12-6-4-8-16-9-12/h4,6,8-9,11,13H,2-3,5,7,10H2,1H3,(H,17,19)(H,18,20)/t11-,13-/m1/s1. The topological polar surface area (TPSA) is 71.1 Å². The van der Waals surface area contributed by atoms with Gasteiger partial charge in [0.05, 0.1) is 0 Å². The molecule has 108 valence electrons. The van der Waals surface area contributed by atoms with Crippen LogP contribution in [0.3, 0.4) is 0 Å². The van der Waals surface area contributed by atoms with Crippen LogP contribution in [-0.4, -0.2) is 22.8 Å². The van der Waals surface area contributed by atoms with E-state index < -0.39 is 11.8 Å². The zero-order valence-electron chi connectivity index (χ0n) is 11.8. The van der Waals surface area contributed by atoms with Crippen LogP contribution in [0.2, 0.25) is 0 Å². The normalized spacial score (nSPS) is 22.1. The van der Waals surface area contributed by atoms with Gasteiger partial charge in [-0.15, -0.1) is 0 Å². The fourth-order valence-corrected chi connectivity index (χ4v) is 2.53. The van der Waals surface area contributed by atoms with Gasteiger partial charge >= 0.3 is 11.8 Å². The van der Waals surface area contributed by atoms with Gasteiger partial charge in [-0.1, -0.05) is 25.8 Å². The molecule has 0 bridgehead atoms. The van der Waals surface area contributed by atoms with E-state index in [9.17, 15) is 9.59 Å². The van der Waals surface area contributed by atoms with Crippen LogP contribution in [0.25, 0.3) is 0 Å². The maximum Gasteiger partial charge on any atom is 0.309 e. The van der Waals surface area contributed by atoms with Crippen molar-refractivity contribution in [1.82, 2.24) is 15.6 Å². The van der Waals surface area contributed by atoms with Gasteiger partial charge in [-0.05, 0) is 30.4 Å². The first-order chi connectivity index (χ1) is 9.66. The minimum absolute atomic E-state index is 0.125. The first-order valence-electron chi connectivity index (χ1n) is 7.14. The Morgan fingerprint density at radius 2 is 2.10 bits per heavy atom. The van der Waals surface area contributed by atoms with Gasteiger partial charge < -0.3 is 10.6 Å². The molecular formula is C15H21N3O2. The molecule has 2 rings (SSSR count). The van der Waals surface area contributed by atoms with Gasteiger partial charge in [0.2, 0.25) is 0 Å². The van der Waals surface area contributed by atoms with E-state index in [1.54, 1.807) is 18.5 Å². The van der Waals surface area contributed by atoms with Crippen LogP contribution < -0.4 is 10.6 Å². The summed E-state index contributed by atoms with van der Waals surface area (Å²) in [6, 6.07) is 3.78. The fourth-order valence-electron chi connectivity index (χ4n) is 2.53. The number of rotatable bonds is 3. The maximum absolute atomic E-state index is 11.8. The molecule has 5 nitrogen and oxygen atoms in total. The van der Waals surface area contributed by atoms with Crippen LogP contribution in [0.4, 0.5) is 0 Å². The quantitative estimate of drug-likeness (QED) is 0.819. The van der Waals surface area contributed by atoms with Gasteiger partial charge in [-0.3, -0.25) is 14.6 Å². The van der Waals surface area contributed by atoms with Crippen molar-refractivity contribution < 1.29 is 9.59 Å². The number of nitrogens with one attached hydrogen (secondary N) is 2. The number of hydrogen-bond acceptors (Lipinski definition) is 3. The molecule has 0 unspecified atom stereocenters. The molecule has 1 aromatic heterocycles. The first kappa shape index (κ1) is 14.5. The minimum Gasteiger partial charge on any atom is -0.345 e. The van der Waals surface area contributed by atoms with Crippen LogP contribution in [0.5, 0.6) is 0 Å². The zero-order valence-corrected chi connectivity index (χ0v) is 11.8. The molecule has 0 saturated heterocycles. The molecule has 1 aromatic rings. The van der Waals surface area contributed by atoms with E-state index in [-0.39, 0.29) is 6.04 Å². The van der Waals surface area contributed by atoms with Gasteiger partial charge in [-0.25, -0.2) is 0 Å². The predicted octanol–water partition coefficient (Wildman–Crippen LogP) is 1.39. The Morgan fingerprint density at radius 1 is 1.30 bits per heavy atom. The lowest BCUT2D eigenvalue weighted by Crippen LogP contribution is -2.47. The maximum atomic E-state index is 11.8. The van der Waals surface area contributed by atoms with Crippen molar-refractivity contribution in [3.05, 3.63) is 30.1 Å². The third kappa shape index (κ3) is 4.05. The zero-order chi connectivity index (χ0) is 14.4. The first-order valence-corrected chi connectivity index (χ1v) is 7.14. The summed E-state index contributed by atoms with van der Waals surface area (Å²) in [5.74, 6) is -0.668. The molecule has 0 radical (unpaired) electrons. The second kappa shape index (κ2) is 7.03. The molecule has 0 aromatic carbocycles. The Balaban J connectivity index is 1.78. The van der Waals surface area contributed by atoms with E-state index in [1.165, 1.54) is 6.42 Å². The highest BCUT2D eigenvalue weighted by Gasteiger charge is 2.25. The van der Waals surface area contributed by atoms with E-state index in [1.807, 2.05) is 6.07 Å². The third-order valence-electron chi connectivity index (χ3n) is 3.81. The van der Waals surface area contributed by atoms with E-state index in [0.29, 0.717) is 12.5 Å². The smallest absolute Gasteiger partial charge is 0.309 e. The Labute approximate surface area is 119 Å². The fraction of sp³-hybridized carbons (Fsp3) is 0.533. The highest BCUT2D eigenvalue weighted by Crippen LogP contribution is 2.23. The molecule has 0 spiro atoms. The van der Waals surface area contributed by atoms with Crippen LogP contribution >= 0.6 is 0 Å². The van der Waals surface area contributed by atoms with Crippen LogP contribution in [0, 0.1) is 5.92 Å². The Bertz CT molecular complexity index is 461. The summed E-state index contributed by atoms with van der Waals surface area (Å²) < 4.78 is 0. The van der Waals surface area contributed by atoms with Crippen LogP contribution in [-0.2, 0) is 16.1 Å². The number of pyridine rings is 1. The molecule has 1 aliphatic rings. The number of hydrogen-bond donors (Lipinski definition) is 2. The molecule has 1 heterocycles. The van der Waals surface area contributed by atoms with Gasteiger partial charge in [-0.2, -0.15) is 0 Å². The molecular weight excluding hydrogens is 254 g/mol. The van der Waals surface area contributed by atoms with E-state index in [2.05, 4.69) is 22.5 Å². The van der Waals surface area contributed by atoms with Crippen molar-refractivity contribution in [1.29, 1.82) is 0 Å². The van der Waals surface area contributed by atoms with Crippen molar-refractivity contribution >= 4 is 11.8 Å². The van der Waals surface area contributed by atoms with Gasteiger partial charge in [0.15, 0.2) is 0 Å². The number of amides is 2. The summed E-state index contributed by atoms with van der Waals surface area (Å²) in [4.78, 5) is 27.6. The molecule has 1 saturated carbocycles. The van der Waals surface area contributed by atoms with Crippen LogP contribution in [0.15, 0.2) is 24.5 Å². The number of nitrogens with zero attached hydrogens (tertiary/aromatic N) is 1. The van der Waals surface area contributed by atoms with Crippen molar-refractivity contribution in [2.24, 2.45) is 5.92 Å². The highest BCUT2D eigenvalue weighted by atomic mass is 16.2. The van der Waals surface area contributed by atoms with Crippen molar-refractivity contribution in [3.8, 4) is 0 Å². The van der Waals surface area contributed by atoms with Crippen LogP contribution in [0.1, 0.15) is 38.2 Å². The summed E-state index contributed by atoms with van der Waals surface area (Å²) in [6.07, 6.45) is 7.74. The minimum atomic E-state index is -0.577. The number of carbonyl (C=O) groups is 2. The summed E-state index contributed by atoms with van der Waals surface area (Å²) in [6.45, 7) is 2.44. The average molecular weight is 275 g/mol. The van der Waals surface area contributed by atoms with Crippen molar-refractivity contribution in [2.75, 3.05) is 0 Å². The van der Waals surface area contributed by atoms with E-state index >= 15 is 0 Å². The Morgan fingerprint density at radius 3 is 2.80 bits per heavy atom. The lowest BCUT2D eigenvalue weighted by molar-refractivity contribution is -0.140. The average Bonchev–Trinajstić information content (AvgIpc) is 2.48. The van der Waals surface area contributed by atoms with Crippen molar-refractivity contribution in [3.63, 3.8) is 0 Å². The predicted molar refractivity (Wildman–Crippen MR) is 75.6 cm³/mol. The monoisotopic (exact) mass is 275 g/mol. The molecule has 2 N–H and O–H groups in total. The molecule has 2 atom stereocenters. The third-order valence-corrected chi connectivity index (χ3v) is 3.81. The largest absolute Gasteiger partial charge is 0.345 e. The number of aromatic nitrogens is 1. The summed E-state index contributed by atoms with van der Waals surface area (Å²) in [5.41, 5.74) is 0.875. The lowest BCUT2D eigenvalue weighted by Gasteiger charge is -2.29. The highest BCUT2D eigenvalue weighted by molar-refractivity contribution is 6.35. The molecule has 2 amide bonds. The SMILES string of the molecule is C[C@@H]1CCCC[C@H]1NC(=O)C(=O)NCc1cccnc1. The van der Waals surface area contributed by atoms with E-state index in [4.69, 9.17) is 0 Å². The molecule has 1 fully saturated rings. The van der Waals surface area contributed by atoms with Crippen molar-refractivity contribution in [2.45, 2.75) is 45.2 Å². The number of carbonyl (C=O) groups excluding carboxylic acids is 2. The van der Waals surface area contributed by atoms with Gasteiger partial charge in [0.1, 0.15) is 0 Å².